The lowest BCUT2D eigenvalue weighted by molar-refractivity contribution is 0.171. The lowest BCUT2D eigenvalue weighted by atomic mass is 10.2. The molecular weight excluding hydrogens is 300 g/mol. The van der Waals surface area contributed by atoms with Crippen molar-refractivity contribution in [3.05, 3.63) is 40.6 Å². The van der Waals surface area contributed by atoms with E-state index >= 15 is 0 Å². The fourth-order valence-electron chi connectivity index (χ4n) is 2.29. The second-order valence-electron chi connectivity index (χ2n) is 5.14. The van der Waals surface area contributed by atoms with E-state index in [0.29, 0.717) is 30.4 Å². The van der Waals surface area contributed by atoms with Crippen molar-refractivity contribution in [3.8, 4) is 11.5 Å². The highest BCUT2D eigenvalue weighted by Crippen LogP contribution is 2.32. The summed E-state index contributed by atoms with van der Waals surface area (Å²) in [5, 5.41) is 7.79. The van der Waals surface area contributed by atoms with Gasteiger partial charge in [0, 0.05) is 29.1 Å². The van der Waals surface area contributed by atoms with Gasteiger partial charge in [-0.2, -0.15) is 0 Å². The van der Waals surface area contributed by atoms with Crippen LogP contribution in [0.25, 0.3) is 0 Å². The van der Waals surface area contributed by atoms with E-state index in [1.807, 2.05) is 18.4 Å². The number of hydrogen-bond acceptors (Lipinski definition) is 4. The third kappa shape index (κ3) is 3.71. The third-order valence-electron chi connectivity index (χ3n) is 3.27. The molecule has 1 aliphatic rings. The van der Waals surface area contributed by atoms with Crippen LogP contribution in [0.5, 0.6) is 11.5 Å². The van der Waals surface area contributed by atoms with E-state index in [0.717, 1.165) is 6.42 Å². The van der Waals surface area contributed by atoms with Gasteiger partial charge in [0.25, 0.3) is 0 Å². The number of amides is 2. The fraction of sp³-hybridized carbons (Fsp3) is 0.312. The molecule has 0 unspecified atom stereocenters. The number of urea groups is 1. The van der Waals surface area contributed by atoms with Gasteiger partial charge in [-0.05, 0) is 30.5 Å². The molecule has 2 amide bonds. The molecule has 0 saturated heterocycles. The summed E-state index contributed by atoms with van der Waals surface area (Å²) in [6.45, 7) is 3.07. The van der Waals surface area contributed by atoms with Gasteiger partial charge >= 0.3 is 6.03 Å². The molecule has 116 valence electrons. The van der Waals surface area contributed by atoms with Crippen molar-refractivity contribution in [1.82, 2.24) is 5.32 Å². The maximum absolute atomic E-state index is 12.0. The Kier molecular flexibility index (Phi) is 4.48. The Balaban J connectivity index is 1.55. The Morgan fingerprint density at radius 1 is 1.27 bits per heavy atom. The molecule has 0 radical (unpaired) electrons. The molecule has 0 saturated carbocycles. The Morgan fingerprint density at radius 2 is 2.09 bits per heavy atom. The molecule has 0 fully saturated rings. The van der Waals surface area contributed by atoms with E-state index in [-0.39, 0.29) is 12.1 Å². The van der Waals surface area contributed by atoms with Crippen molar-refractivity contribution >= 4 is 23.1 Å². The minimum Gasteiger partial charge on any atom is -0.486 e. The van der Waals surface area contributed by atoms with Gasteiger partial charge in [0.2, 0.25) is 0 Å². The lowest BCUT2D eigenvalue weighted by Crippen LogP contribution is -2.37. The SMILES string of the molecule is C[C@@H](Cc1cccs1)NC(=O)Nc1ccc2c(c1)OCCO2. The summed E-state index contributed by atoms with van der Waals surface area (Å²) in [6, 6.07) is 9.31. The number of thiophene rings is 1. The third-order valence-corrected chi connectivity index (χ3v) is 4.16. The van der Waals surface area contributed by atoms with Crippen molar-refractivity contribution in [1.29, 1.82) is 0 Å². The molecule has 5 nitrogen and oxygen atoms in total. The van der Waals surface area contributed by atoms with E-state index in [9.17, 15) is 4.79 Å². The first kappa shape index (κ1) is 14.7. The van der Waals surface area contributed by atoms with E-state index in [1.54, 1.807) is 29.5 Å². The van der Waals surface area contributed by atoms with Gasteiger partial charge in [-0.25, -0.2) is 4.79 Å². The molecule has 0 bridgehead atoms. The first-order chi connectivity index (χ1) is 10.7. The summed E-state index contributed by atoms with van der Waals surface area (Å²) in [6.07, 6.45) is 0.826. The van der Waals surface area contributed by atoms with Gasteiger partial charge in [0.1, 0.15) is 13.2 Å². The van der Waals surface area contributed by atoms with Crippen molar-refractivity contribution in [2.75, 3.05) is 18.5 Å². The summed E-state index contributed by atoms with van der Waals surface area (Å²) in [5.41, 5.74) is 0.685. The van der Waals surface area contributed by atoms with Crippen molar-refractivity contribution in [3.63, 3.8) is 0 Å². The topological polar surface area (TPSA) is 59.6 Å². The van der Waals surface area contributed by atoms with Crippen LogP contribution in [-0.4, -0.2) is 25.3 Å². The Labute approximate surface area is 133 Å². The second kappa shape index (κ2) is 6.70. The Hall–Kier alpha value is -2.21. The van der Waals surface area contributed by atoms with Crippen LogP contribution in [0.1, 0.15) is 11.8 Å². The highest BCUT2D eigenvalue weighted by molar-refractivity contribution is 7.09. The zero-order valence-electron chi connectivity index (χ0n) is 12.3. The second-order valence-corrected chi connectivity index (χ2v) is 6.17. The number of carbonyl (C=O) groups is 1. The van der Waals surface area contributed by atoms with Gasteiger partial charge in [-0.3, -0.25) is 0 Å². The molecule has 1 atom stereocenters. The average Bonchev–Trinajstić information content (AvgIpc) is 2.99. The molecule has 0 spiro atoms. The standard InChI is InChI=1S/C16H18N2O3S/c1-11(9-13-3-2-8-22-13)17-16(19)18-12-4-5-14-15(10-12)21-7-6-20-14/h2-5,8,10-11H,6-7,9H2,1H3,(H2,17,18,19)/t11-/m0/s1. The van der Waals surface area contributed by atoms with Gasteiger partial charge in [-0.1, -0.05) is 6.07 Å². The highest BCUT2D eigenvalue weighted by Gasteiger charge is 2.13. The number of carbonyl (C=O) groups excluding carboxylic acids is 1. The smallest absolute Gasteiger partial charge is 0.319 e. The molecule has 2 N–H and O–H groups in total. The molecule has 22 heavy (non-hydrogen) atoms. The van der Waals surface area contributed by atoms with Gasteiger partial charge in [-0.15, -0.1) is 11.3 Å². The van der Waals surface area contributed by atoms with E-state index in [2.05, 4.69) is 16.7 Å². The lowest BCUT2D eigenvalue weighted by Gasteiger charge is -2.19. The molecule has 2 heterocycles. The van der Waals surface area contributed by atoms with Crippen LogP contribution in [0.2, 0.25) is 0 Å². The monoisotopic (exact) mass is 318 g/mol. The van der Waals surface area contributed by atoms with Gasteiger partial charge < -0.3 is 20.1 Å². The van der Waals surface area contributed by atoms with Crippen LogP contribution in [-0.2, 0) is 6.42 Å². The van der Waals surface area contributed by atoms with Gasteiger partial charge in [0.15, 0.2) is 11.5 Å². The summed E-state index contributed by atoms with van der Waals surface area (Å²) in [4.78, 5) is 13.3. The first-order valence-electron chi connectivity index (χ1n) is 7.20. The predicted molar refractivity (Wildman–Crippen MR) is 87.1 cm³/mol. The van der Waals surface area contributed by atoms with Crippen molar-refractivity contribution in [2.24, 2.45) is 0 Å². The van der Waals surface area contributed by atoms with Crippen LogP contribution in [0.3, 0.4) is 0 Å². The minimum atomic E-state index is -0.222. The van der Waals surface area contributed by atoms with E-state index < -0.39 is 0 Å². The number of benzene rings is 1. The Bertz CT molecular complexity index is 643. The Morgan fingerprint density at radius 3 is 2.86 bits per heavy atom. The molecule has 0 aliphatic carbocycles. The number of ether oxygens (including phenoxy) is 2. The predicted octanol–water partition coefficient (Wildman–Crippen LogP) is 3.27. The first-order valence-corrected chi connectivity index (χ1v) is 8.08. The van der Waals surface area contributed by atoms with E-state index in [4.69, 9.17) is 9.47 Å². The summed E-state index contributed by atoms with van der Waals surface area (Å²) in [5.74, 6) is 1.37. The summed E-state index contributed by atoms with van der Waals surface area (Å²) >= 11 is 1.70. The van der Waals surface area contributed by atoms with Crippen LogP contribution in [0.15, 0.2) is 35.7 Å². The number of hydrogen-bond donors (Lipinski definition) is 2. The number of nitrogens with one attached hydrogen (secondary N) is 2. The molecule has 6 heteroatoms. The van der Waals surface area contributed by atoms with E-state index in [1.165, 1.54) is 4.88 Å². The fourth-order valence-corrected chi connectivity index (χ4v) is 3.13. The molecular formula is C16H18N2O3S. The van der Waals surface area contributed by atoms with Crippen molar-refractivity contribution in [2.45, 2.75) is 19.4 Å². The number of rotatable bonds is 4. The molecule has 1 aromatic carbocycles. The minimum absolute atomic E-state index is 0.0656. The largest absolute Gasteiger partial charge is 0.486 e. The number of fused-ring (bicyclic) bond motifs is 1. The molecule has 3 rings (SSSR count). The normalized spacial score (nSPS) is 14.2. The van der Waals surface area contributed by atoms with Crippen molar-refractivity contribution < 1.29 is 14.3 Å². The average molecular weight is 318 g/mol. The maximum atomic E-state index is 12.0. The summed E-state index contributed by atoms with van der Waals surface area (Å²) < 4.78 is 11.0. The highest BCUT2D eigenvalue weighted by atomic mass is 32.1. The molecule has 1 aliphatic heterocycles. The zero-order valence-corrected chi connectivity index (χ0v) is 13.1. The van der Waals surface area contributed by atoms with Crippen LogP contribution >= 0.6 is 11.3 Å². The van der Waals surface area contributed by atoms with Gasteiger partial charge in [0.05, 0.1) is 0 Å². The van der Waals surface area contributed by atoms with Crippen LogP contribution < -0.4 is 20.1 Å². The van der Waals surface area contributed by atoms with Crippen LogP contribution in [0, 0.1) is 0 Å². The zero-order chi connectivity index (χ0) is 15.4. The number of anilines is 1. The molecule has 1 aromatic heterocycles. The summed E-state index contributed by atoms with van der Waals surface area (Å²) in [7, 11) is 0. The molecule has 2 aromatic rings. The van der Waals surface area contributed by atoms with Crippen LogP contribution in [0.4, 0.5) is 10.5 Å². The quantitative estimate of drug-likeness (QED) is 0.909. The maximum Gasteiger partial charge on any atom is 0.319 e.